The van der Waals surface area contributed by atoms with Gasteiger partial charge in [-0.1, -0.05) is 38.4 Å². The van der Waals surface area contributed by atoms with E-state index in [0.29, 0.717) is 19.1 Å². The van der Waals surface area contributed by atoms with Gasteiger partial charge in [-0.15, -0.1) is 0 Å². The van der Waals surface area contributed by atoms with Gasteiger partial charge in [0.25, 0.3) is 0 Å². The van der Waals surface area contributed by atoms with E-state index >= 15 is 0 Å². The fourth-order valence-electron chi connectivity index (χ4n) is 2.80. The Bertz CT molecular complexity index is 641. The van der Waals surface area contributed by atoms with E-state index in [-0.39, 0.29) is 11.3 Å². The number of anilines is 1. The van der Waals surface area contributed by atoms with Crippen LogP contribution >= 0.6 is 11.6 Å². The number of nitrogens with one attached hydrogen (secondary N) is 3. The molecule has 0 saturated carbocycles. The van der Waals surface area contributed by atoms with Gasteiger partial charge in [0.05, 0.1) is 0 Å². The number of halogens is 1. The van der Waals surface area contributed by atoms with Crippen molar-refractivity contribution in [2.24, 2.45) is 10.4 Å². The van der Waals surface area contributed by atoms with Crippen molar-refractivity contribution in [3.05, 3.63) is 29.3 Å². The van der Waals surface area contributed by atoms with E-state index in [4.69, 9.17) is 11.6 Å². The number of amides is 1. The molecule has 1 unspecified atom stereocenters. The number of guanidine groups is 1. The third-order valence-corrected chi connectivity index (χ3v) is 4.55. The Morgan fingerprint density at radius 1 is 1.31 bits per heavy atom. The van der Waals surface area contributed by atoms with Gasteiger partial charge in [0.2, 0.25) is 5.91 Å². The van der Waals surface area contributed by atoms with Gasteiger partial charge < -0.3 is 20.9 Å². The molecule has 0 aliphatic carbocycles. The van der Waals surface area contributed by atoms with E-state index in [1.165, 1.54) is 0 Å². The number of nitrogens with zero attached hydrogens (tertiary/aromatic N) is 2. The molecule has 0 radical (unpaired) electrons. The minimum absolute atomic E-state index is 0.0511. The lowest BCUT2D eigenvalue weighted by Gasteiger charge is -2.21. The number of carbonyl (C=O) groups is 1. The monoisotopic (exact) mass is 379 g/mol. The summed E-state index contributed by atoms with van der Waals surface area (Å²) in [5.41, 5.74) is 0.780. The highest BCUT2D eigenvalue weighted by atomic mass is 35.5. The average molecular weight is 380 g/mol. The summed E-state index contributed by atoms with van der Waals surface area (Å²) in [5, 5.41) is 10.4. The molecule has 1 aromatic carbocycles. The minimum Gasteiger partial charge on any atom is -0.369 e. The molecule has 6 nitrogen and oxygen atoms in total. The van der Waals surface area contributed by atoms with E-state index < -0.39 is 0 Å². The number of aliphatic imine (C=N–C) groups is 1. The molecule has 1 fully saturated rings. The van der Waals surface area contributed by atoms with Crippen LogP contribution in [0.15, 0.2) is 29.3 Å². The largest absolute Gasteiger partial charge is 0.369 e. The fraction of sp³-hybridized carbons (Fsp3) is 0.579. The van der Waals surface area contributed by atoms with Crippen molar-refractivity contribution in [1.29, 1.82) is 0 Å². The van der Waals surface area contributed by atoms with E-state index in [0.717, 1.165) is 36.2 Å². The van der Waals surface area contributed by atoms with Gasteiger partial charge in [-0.3, -0.25) is 9.79 Å². The zero-order chi connectivity index (χ0) is 19.2. The number of hydrogen-bond acceptors (Lipinski definition) is 3. The highest BCUT2D eigenvalue weighted by Gasteiger charge is 2.24. The van der Waals surface area contributed by atoms with Gasteiger partial charge >= 0.3 is 0 Å². The van der Waals surface area contributed by atoms with Crippen LogP contribution in [0.25, 0.3) is 0 Å². The van der Waals surface area contributed by atoms with Crippen LogP contribution in [-0.2, 0) is 4.79 Å². The Labute approximate surface area is 161 Å². The maximum atomic E-state index is 11.9. The minimum atomic E-state index is -0.367. The maximum Gasteiger partial charge on any atom is 0.225 e. The Hall–Kier alpha value is -1.95. The SMILES string of the molecule is CN=C(NCCNC(=O)C(C)(C)C)NC1CCN(c2cccc(Cl)c2)C1. The summed E-state index contributed by atoms with van der Waals surface area (Å²) in [5.74, 6) is 0.808. The van der Waals surface area contributed by atoms with Crippen molar-refractivity contribution in [2.45, 2.75) is 33.2 Å². The Balaban J connectivity index is 1.74. The lowest BCUT2D eigenvalue weighted by molar-refractivity contribution is -0.128. The normalized spacial score (nSPS) is 18.0. The van der Waals surface area contributed by atoms with E-state index in [1.807, 2.05) is 39.0 Å². The second-order valence-electron chi connectivity index (χ2n) is 7.56. The maximum absolute atomic E-state index is 11.9. The molecular weight excluding hydrogens is 350 g/mol. The van der Waals surface area contributed by atoms with Crippen LogP contribution in [0.1, 0.15) is 27.2 Å². The Morgan fingerprint density at radius 3 is 2.69 bits per heavy atom. The molecule has 1 aliphatic rings. The van der Waals surface area contributed by atoms with Crippen molar-refractivity contribution in [3.63, 3.8) is 0 Å². The van der Waals surface area contributed by atoms with Crippen molar-refractivity contribution >= 4 is 29.2 Å². The van der Waals surface area contributed by atoms with Gasteiger partial charge in [0.1, 0.15) is 0 Å². The first-order valence-electron chi connectivity index (χ1n) is 9.05. The van der Waals surface area contributed by atoms with Crippen LogP contribution in [0.4, 0.5) is 5.69 Å². The summed E-state index contributed by atoms with van der Waals surface area (Å²) in [6.07, 6.45) is 1.04. The zero-order valence-corrected chi connectivity index (χ0v) is 16.9. The molecule has 1 amide bonds. The van der Waals surface area contributed by atoms with Gasteiger partial charge in [0.15, 0.2) is 5.96 Å². The van der Waals surface area contributed by atoms with Crippen LogP contribution in [0, 0.1) is 5.41 Å². The number of hydrogen-bond donors (Lipinski definition) is 3. The van der Waals surface area contributed by atoms with Crippen LogP contribution in [0.5, 0.6) is 0 Å². The van der Waals surface area contributed by atoms with Crippen LogP contribution in [0.3, 0.4) is 0 Å². The quantitative estimate of drug-likeness (QED) is 0.417. The van der Waals surface area contributed by atoms with Gasteiger partial charge in [0, 0.05) is 55.4 Å². The molecule has 1 atom stereocenters. The van der Waals surface area contributed by atoms with Crippen molar-refractivity contribution in [2.75, 3.05) is 38.1 Å². The van der Waals surface area contributed by atoms with Crippen LogP contribution < -0.4 is 20.9 Å². The van der Waals surface area contributed by atoms with Crippen LogP contribution in [-0.4, -0.2) is 51.1 Å². The predicted octanol–water partition coefficient (Wildman–Crippen LogP) is 2.25. The summed E-state index contributed by atoms with van der Waals surface area (Å²) >= 11 is 6.09. The Morgan fingerprint density at radius 2 is 2.04 bits per heavy atom. The van der Waals surface area contributed by atoms with E-state index in [1.54, 1.807) is 7.05 Å². The average Bonchev–Trinajstić information content (AvgIpc) is 3.05. The highest BCUT2D eigenvalue weighted by molar-refractivity contribution is 6.30. The summed E-state index contributed by atoms with van der Waals surface area (Å²) < 4.78 is 0. The van der Waals surface area contributed by atoms with E-state index in [9.17, 15) is 4.79 Å². The van der Waals surface area contributed by atoms with Gasteiger partial charge in [-0.2, -0.15) is 0 Å². The number of rotatable bonds is 5. The molecule has 1 heterocycles. The first-order chi connectivity index (χ1) is 12.3. The smallest absolute Gasteiger partial charge is 0.225 e. The molecule has 2 rings (SSSR count). The topological polar surface area (TPSA) is 68.8 Å². The Kier molecular flexibility index (Phi) is 7.14. The lowest BCUT2D eigenvalue weighted by Crippen LogP contribution is -2.47. The first kappa shape index (κ1) is 20.4. The summed E-state index contributed by atoms with van der Waals surface area (Å²) in [6.45, 7) is 8.80. The molecule has 1 aromatic rings. The number of benzene rings is 1. The predicted molar refractivity (Wildman–Crippen MR) is 109 cm³/mol. The first-order valence-corrected chi connectivity index (χ1v) is 9.43. The standard InChI is InChI=1S/C19H30ClN5O/c1-19(2,3)17(26)22-9-10-23-18(21-4)24-15-8-11-25(13-15)16-7-5-6-14(20)12-16/h5-7,12,15H,8-11,13H2,1-4H3,(H,22,26)(H2,21,23,24). The molecule has 7 heteroatoms. The summed E-state index contributed by atoms with van der Waals surface area (Å²) in [6, 6.07) is 8.27. The lowest BCUT2D eigenvalue weighted by atomic mass is 9.96. The molecule has 3 N–H and O–H groups in total. The third-order valence-electron chi connectivity index (χ3n) is 4.31. The van der Waals surface area contributed by atoms with Crippen molar-refractivity contribution in [1.82, 2.24) is 16.0 Å². The molecule has 144 valence electrons. The number of carbonyl (C=O) groups excluding carboxylic acids is 1. The summed E-state index contributed by atoms with van der Waals surface area (Å²) in [7, 11) is 1.76. The molecule has 0 spiro atoms. The zero-order valence-electron chi connectivity index (χ0n) is 16.1. The second kappa shape index (κ2) is 9.12. The third kappa shape index (κ3) is 6.09. The van der Waals surface area contributed by atoms with Gasteiger partial charge in [-0.25, -0.2) is 0 Å². The van der Waals surface area contributed by atoms with E-state index in [2.05, 4.69) is 31.9 Å². The molecule has 1 aliphatic heterocycles. The molecule has 26 heavy (non-hydrogen) atoms. The fourth-order valence-corrected chi connectivity index (χ4v) is 2.98. The van der Waals surface area contributed by atoms with Crippen molar-refractivity contribution < 1.29 is 4.79 Å². The van der Waals surface area contributed by atoms with Crippen molar-refractivity contribution in [3.8, 4) is 0 Å². The molecule has 0 bridgehead atoms. The summed E-state index contributed by atoms with van der Waals surface area (Å²) in [4.78, 5) is 18.4. The molecule has 1 saturated heterocycles. The molecular formula is C19H30ClN5O. The second-order valence-corrected chi connectivity index (χ2v) is 8.00. The van der Waals surface area contributed by atoms with Crippen LogP contribution in [0.2, 0.25) is 5.02 Å². The van der Waals surface area contributed by atoms with Gasteiger partial charge in [-0.05, 0) is 24.6 Å². The molecule has 0 aromatic heterocycles. The highest BCUT2D eigenvalue weighted by Crippen LogP contribution is 2.23.